The van der Waals surface area contributed by atoms with Crippen molar-refractivity contribution in [2.45, 2.75) is 40.2 Å². The van der Waals surface area contributed by atoms with Crippen molar-refractivity contribution in [1.29, 1.82) is 0 Å². The Bertz CT molecular complexity index is 822. The van der Waals surface area contributed by atoms with E-state index in [2.05, 4.69) is 86.9 Å². The maximum absolute atomic E-state index is 4.87. The fourth-order valence-electron chi connectivity index (χ4n) is 2.61. The van der Waals surface area contributed by atoms with Gasteiger partial charge >= 0.3 is 0 Å². The third-order valence-electron chi connectivity index (χ3n) is 3.57. The molecule has 0 aliphatic carbocycles. The van der Waals surface area contributed by atoms with Crippen LogP contribution in [0, 0.1) is 13.8 Å². The standard InChI is InChI=1S/C19H23N3/c1-13-7-6-8-15(11-13)17-18(21-19(3,4)5)22-10-9-14(2)12-16(22)20-17/h6-12,21H,1-5H3. The predicted molar refractivity (Wildman–Crippen MR) is 93.5 cm³/mol. The lowest BCUT2D eigenvalue weighted by molar-refractivity contribution is 0.629. The molecule has 3 rings (SSSR count). The van der Waals surface area contributed by atoms with Gasteiger partial charge in [-0.05, 0) is 58.4 Å². The zero-order valence-corrected chi connectivity index (χ0v) is 13.9. The topological polar surface area (TPSA) is 29.3 Å². The van der Waals surface area contributed by atoms with E-state index in [9.17, 15) is 0 Å². The maximum atomic E-state index is 4.87. The van der Waals surface area contributed by atoms with Crippen molar-refractivity contribution in [3.8, 4) is 11.3 Å². The van der Waals surface area contributed by atoms with Crippen molar-refractivity contribution in [1.82, 2.24) is 9.38 Å². The Labute approximate surface area is 132 Å². The minimum Gasteiger partial charge on any atom is -0.365 e. The van der Waals surface area contributed by atoms with Crippen LogP contribution in [0.1, 0.15) is 31.9 Å². The van der Waals surface area contributed by atoms with Gasteiger partial charge in [-0.25, -0.2) is 4.98 Å². The van der Waals surface area contributed by atoms with Crippen molar-refractivity contribution in [3.05, 3.63) is 53.7 Å². The number of imidazole rings is 1. The lowest BCUT2D eigenvalue weighted by Gasteiger charge is -2.22. The minimum atomic E-state index is -0.0283. The number of aromatic nitrogens is 2. The number of aryl methyl sites for hydroxylation is 2. The molecule has 2 heterocycles. The summed E-state index contributed by atoms with van der Waals surface area (Å²) in [5, 5.41) is 3.61. The largest absolute Gasteiger partial charge is 0.365 e. The number of nitrogens with zero attached hydrogens (tertiary/aromatic N) is 2. The molecule has 1 aromatic carbocycles. The lowest BCUT2D eigenvalue weighted by atomic mass is 10.1. The van der Waals surface area contributed by atoms with Gasteiger partial charge in [-0.3, -0.25) is 4.40 Å². The highest BCUT2D eigenvalue weighted by atomic mass is 15.2. The normalized spacial score (nSPS) is 11.9. The average Bonchev–Trinajstić information content (AvgIpc) is 2.74. The number of nitrogens with one attached hydrogen (secondary N) is 1. The van der Waals surface area contributed by atoms with Crippen molar-refractivity contribution in [2.24, 2.45) is 0 Å². The molecule has 22 heavy (non-hydrogen) atoms. The summed E-state index contributed by atoms with van der Waals surface area (Å²) in [5.41, 5.74) is 5.56. The van der Waals surface area contributed by atoms with E-state index in [0.29, 0.717) is 0 Å². The Morgan fingerprint density at radius 1 is 1.00 bits per heavy atom. The van der Waals surface area contributed by atoms with Gasteiger partial charge in [0.05, 0.1) is 0 Å². The van der Waals surface area contributed by atoms with Crippen LogP contribution in [0.25, 0.3) is 16.9 Å². The minimum absolute atomic E-state index is 0.0283. The summed E-state index contributed by atoms with van der Waals surface area (Å²) in [6.45, 7) is 10.7. The molecule has 0 bridgehead atoms. The van der Waals surface area contributed by atoms with E-state index in [-0.39, 0.29) is 5.54 Å². The Morgan fingerprint density at radius 3 is 2.41 bits per heavy atom. The maximum Gasteiger partial charge on any atom is 0.139 e. The average molecular weight is 293 g/mol. The van der Waals surface area contributed by atoms with E-state index < -0.39 is 0 Å². The number of anilines is 1. The number of benzene rings is 1. The zero-order valence-electron chi connectivity index (χ0n) is 13.9. The molecule has 3 nitrogen and oxygen atoms in total. The number of pyridine rings is 1. The lowest BCUT2D eigenvalue weighted by Crippen LogP contribution is -2.27. The number of hydrogen-bond acceptors (Lipinski definition) is 2. The van der Waals surface area contributed by atoms with E-state index in [4.69, 9.17) is 4.98 Å². The van der Waals surface area contributed by atoms with Gasteiger partial charge in [-0.2, -0.15) is 0 Å². The van der Waals surface area contributed by atoms with Gasteiger partial charge in [0, 0.05) is 17.3 Å². The quantitative estimate of drug-likeness (QED) is 0.733. The third-order valence-corrected chi connectivity index (χ3v) is 3.57. The van der Waals surface area contributed by atoms with Crippen LogP contribution >= 0.6 is 0 Å². The van der Waals surface area contributed by atoms with Gasteiger partial charge in [0.15, 0.2) is 0 Å². The molecule has 0 radical (unpaired) electrons. The summed E-state index contributed by atoms with van der Waals surface area (Å²) >= 11 is 0. The third kappa shape index (κ3) is 2.84. The number of fused-ring (bicyclic) bond motifs is 1. The molecule has 0 saturated heterocycles. The van der Waals surface area contributed by atoms with Gasteiger partial charge in [0.2, 0.25) is 0 Å². The molecule has 3 heteroatoms. The van der Waals surface area contributed by atoms with Gasteiger partial charge in [0.25, 0.3) is 0 Å². The second kappa shape index (κ2) is 5.16. The molecule has 114 valence electrons. The second-order valence-corrected chi connectivity index (χ2v) is 6.99. The van der Waals surface area contributed by atoms with Crippen LogP contribution in [0.3, 0.4) is 0 Å². The first-order chi connectivity index (χ1) is 10.3. The first-order valence-electron chi connectivity index (χ1n) is 7.67. The first kappa shape index (κ1) is 14.6. The fourth-order valence-corrected chi connectivity index (χ4v) is 2.61. The monoisotopic (exact) mass is 293 g/mol. The molecule has 0 aliphatic rings. The van der Waals surface area contributed by atoms with Gasteiger partial charge in [-0.15, -0.1) is 0 Å². The SMILES string of the molecule is Cc1cccc(-c2nc3cc(C)ccn3c2NC(C)(C)C)c1. The van der Waals surface area contributed by atoms with E-state index >= 15 is 0 Å². The molecule has 0 unspecified atom stereocenters. The van der Waals surface area contributed by atoms with Gasteiger partial charge in [0.1, 0.15) is 17.2 Å². The predicted octanol–water partition coefficient (Wildman–Crippen LogP) is 4.83. The molecule has 1 N–H and O–H groups in total. The second-order valence-electron chi connectivity index (χ2n) is 6.99. The van der Waals surface area contributed by atoms with Crippen LogP contribution in [0.2, 0.25) is 0 Å². The summed E-state index contributed by atoms with van der Waals surface area (Å²) in [4.78, 5) is 4.87. The summed E-state index contributed by atoms with van der Waals surface area (Å²) < 4.78 is 2.13. The van der Waals surface area contributed by atoms with Crippen molar-refractivity contribution in [2.75, 3.05) is 5.32 Å². The highest BCUT2D eigenvalue weighted by Crippen LogP contribution is 2.31. The van der Waals surface area contributed by atoms with E-state index in [0.717, 1.165) is 22.7 Å². The smallest absolute Gasteiger partial charge is 0.139 e. The molecule has 0 atom stereocenters. The molecule has 0 amide bonds. The molecule has 2 aromatic heterocycles. The summed E-state index contributed by atoms with van der Waals surface area (Å²) in [6.07, 6.45) is 2.09. The van der Waals surface area contributed by atoms with Crippen LogP contribution in [-0.4, -0.2) is 14.9 Å². The van der Waals surface area contributed by atoms with E-state index in [1.54, 1.807) is 0 Å². The summed E-state index contributed by atoms with van der Waals surface area (Å²) in [5.74, 6) is 1.05. The first-order valence-corrected chi connectivity index (χ1v) is 7.67. The molecule has 0 saturated carbocycles. The molecular formula is C19H23N3. The van der Waals surface area contributed by atoms with E-state index in [1.807, 2.05) is 0 Å². The van der Waals surface area contributed by atoms with Crippen LogP contribution < -0.4 is 5.32 Å². The van der Waals surface area contributed by atoms with Crippen molar-refractivity contribution < 1.29 is 0 Å². The van der Waals surface area contributed by atoms with Crippen molar-refractivity contribution in [3.63, 3.8) is 0 Å². The Balaban J connectivity index is 2.25. The summed E-state index contributed by atoms with van der Waals surface area (Å²) in [7, 11) is 0. The Hall–Kier alpha value is -2.29. The van der Waals surface area contributed by atoms with Crippen LogP contribution in [-0.2, 0) is 0 Å². The number of hydrogen-bond donors (Lipinski definition) is 1. The Kier molecular flexibility index (Phi) is 3.44. The van der Waals surface area contributed by atoms with Crippen LogP contribution in [0.4, 0.5) is 5.82 Å². The highest BCUT2D eigenvalue weighted by molar-refractivity contribution is 5.77. The summed E-state index contributed by atoms with van der Waals surface area (Å²) in [6, 6.07) is 12.7. The van der Waals surface area contributed by atoms with Crippen LogP contribution in [0.5, 0.6) is 0 Å². The molecule has 0 fully saturated rings. The Morgan fingerprint density at radius 2 is 1.73 bits per heavy atom. The number of rotatable bonds is 2. The molecule has 0 spiro atoms. The van der Waals surface area contributed by atoms with E-state index in [1.165, 1.54) is 11.1 Å². The van der Waals surface area contributed by atoms with Crippen molar-refractivity contribution >= 4 is 11.5 Å². The fraction of sp³-hybridized carbons (Fsp3) is 0.316. The van der Waals surface area contributed by atoms with Crippen LogP contribution in [0.15, 0.2) is 42.6 Å². The zero-order chi connectivity index (χ0) is 15.9. The molecule has 3 aromatic rings. The van der Waals surface area contributed by atoms with Gasteiger partial charge in [-0.1, -0.05) is 23.8 Å². The highest BCUT2D eigenvalue weighted by Gasteiger charge is 2.19. The molecular weight excluding hydrogens is 270 g/mol. The van der Waals surface area contributed by atoms with Gasteiger partial charge < -0.3 is 5.32 Å². The molecule has 0 aliphatic heterocycles.